The van der Waals surface area contributed by atoms with Crippen molar-refractivity contribution < 1.29 is 19.1 Å². The Balaban J connectivity index is 1.46. The van der Waals surface area contributed by atoms with Crippen LogP contribution in [0.1, 0.15) is 42.1 Å². The minimum Gasteiger partial charge on any atom is -0.497 e. The Bertz CT molecular complexity index is 998. The number of amides is 2. The average Bonchev–Trinajstić information content (AvgIpc) is 3.24. The number of hydrogen-bond donors (Lipinski definition) is 1. The second-order valence-electron chi connectivity index (χ2n) is 8.33. The first-order valence-corrected chi connectivity index (χ1v) is 10.4. The number of carbonyl (C=O) groups excluding carboxylic acids is 3. The van der Waals surface area contributed by atoms with Gasteiger partial charge in [-0.3, -0.25) is 14.4 Å². The van der Waals surface area contributed by atoms with Crippen molar-refractivity contribution in [1.82, 2.24) is 4.98 Å². The van der Waals surface area contributed by atoms with Gasteiger partial charge >= 0.3 is 0 Å². The van der Waals surface area contributed by atoms with E-state index >= 15 is 0 Å². The third-order valence-electron chi connectivity index (χ3n) is 5.33. The second kappa shape index (κ2) is 7.26. The van der Waals surface area contributed by atoms with E-state index in [4.69, 9.17) is 4.74 Å². The van der Waals surface area contributed by atoms with Crippen molar-refractivity contribution in [3.05, 3.63) is 34.8 Å². The fraction of sp³-hybridized carbons (Fsp3) is 0.429. The first-order chi connectivity index (χ1) is 13.8. The number of Topliss-reactive ketones (excluding diaryl/α,β-unsaturated/α-hetero) is 1. The molecule has 1 aromatic heterocycles. The number of ketones is 1. The van der Waals surface area contributed by atoms with Gasteiger partial charge in [0.1, 0.15) is 5.75 Å². The van der Waals surface area contributed by atoms with Gasteiger partial charge in [0.15, 0.2) is 10.9 Å². The summed E-state index contributed by atoms with van der Waals surface area (Å²) in [5, 5.41) is 3.25. The number of thiazole rings is 1. The standard InChI is InChI=1S/C21H23N3O4S/c1-21(2)9-15-18(16(25)10-21)29-20(22-15)23-19(27)12-7-17(26)24(11-12)13-5-4-6-14(8-13)28-3/h4-6,8,12H,7,9-11H2,1-3H3,(H,22,23,27)/t12-/m1/s1. The topological polar surface area (TPSA) is 88.6 Å². The van der Waals surface area contributed by atoms with Gasteiger partial charge in [-0.2, -0.15) is 0 Å². The Morgan fingerprint density at radius 1 is 1.31 bits per heavy atom. The van der Waals surface area contributed by atoms with Crippen molar-refractivity contribution in [3.8, 4) is 5.75 Å². The van der Waals surface area contributed by atoms with Gasteiger partial charge in [0, 0.05) is 31.1 Å². The van der Waals surface area contributed by atoms with Crippen molar-refractivity contribution >= 4 is 39.8 Å². The van der Waals surface area contributed by atoms with E-state index in [1.807, 2.05) is 26.0 Å². The van der Waals surface area contributed by atoms with E-state index in [2.05, 4.69) is 10.3 Å². The molecule has 1 aliphatic heterocycles. The number of fused-ring (bicyclic) bond motifs is 1. The highest BCUT2D eigenvalue weighted by molar-refractivity contribution is 7.17. The molecule has 0 radical (unpaired) electrons. The molecule has 1 aliphatic carbocycles. The molecule has 2 aliphatic rings. The Hall–Kier alpha value is -2.74. The van der Waals surface area contributed by atoms with Gasteiger partial charge in [0.25, 0.3) is 0 Å². The first kappa shape index (κ1) is 19.6. The van der Waals surface area contributed by atoms with Gasteiger partial charge in [-0.1, -0.05) is 31.3 Å². The van der Waals surface area contributed by atoms with Gasteiger partial charge in [0.2, 0.25) is 11.8 Å². The predicted molar refractivity (Wildman–Crippen MR) is 111 cm³/mol. The van der Waals surface area contributed by atoms with Crippen LogP contribution in [-0.4, -0.2) is 36.2 Å². The molecule has 2 heterocycles. The van der Waals surface area contributed by atoms with Crippen LogP contribution < -0.4 is 15.0 Å². The summed E-state index contributed by atoms with van der Waals surface area (Å²) in [5.41, 5.74) is 1.35. The van der Waals surface area contributed by atoms with Crippen LogP contribution in [-0.2, 0) is 16.0 Å². The lowest BCUT2D eigenvalue weighted by Gasteiger charge is -2.26. The number of nitrogens with zero attached hydrogens (tertiary/aromatic N) is 2. The second-order valence-corrected chi connectivity index (χ2v) is 9.33. The normalized spacial score (nSPS) is 20.5. The number of benzene rings is 1. The molecule has 29 heavy (non-hydrogen) atoms. The summed E-state index contributed by atoms with van der Waals surface area (Å²) in [6.45, 7) is 4.39. The minimum atomic E-state index is -0.471. The van der Waals surface area contributed by atoms with Crippen LogP contribution >= 0.6 is 11.3 Å². The molecule has 2 aromatic rings. The molecule has 0 unspecified atom stereocenters. The Labute approximate surface area is 173 Å². The summed E-state index contributed by atoms with van der Waals surface area (Å²) in [4.78, 5) is 44.3. The molecular weight excluding hydrogens is 390 g/mol. The number of rotatable bonds is 4. The fourth-order valence-corrected chi connectivity index (χ4v) is 4.81. The smallest absolute Gasteiger partial charge is 0.231 e. The van der Waals surface area contributed by atoms with E-state index in [1.54, 1.807) is 24.1 Å². The number of hydrogen-bond acceptors (Lipinski definition) is 6. The van der Waals surface area contributed by atoms with Crippen LogP contribution in [0.5, 0.6) is 5.75 Å². The molecule has 0 spiro atoms. The van der Waals surface area contributed by atoms with E-state index in [1.165, 1.54) is 11.3 Å². The highest BCUT2D eigenvalue weighted by atomic mass is 32.1. The number of methoxy groups -OCH3 is 1. The van der Waals surface area contributed by atoms with Crippen LogP contribution in [0.4, 0.5) is 10.8 Å². The van der Waals surface area contributed by atoms with Gasteiger partial charge < -0.3 is 15.0 Å². The predicted octanol–water partition coefficient (Wildman–Crippen LogP) is 3.30. The zero-order valence-corrected chi connectivity index (χ0v) is 17.5. The SMILES string of the molecule is COc1cccc(N2C[C@H](C(=O)Nc3nc4c(s3)C(=O)CC(C)(C)C4)CC2=O)c1. The molecule has 1 fully saturated rings. The van der Waals surface area contributed by atoms with Crippen molar-refractivity contribution in [3.63, 3.8) is 0 Å². The zero-order valence-electron chi connectivity index (χ0n) is 16.7. The highest BCUT2D eigenvalue weighted by Crippen LogP contribution is 2.38. The van der Waals surface area contributed by atoms with E-state index in [0.717, 1.165) is 5.69 Å². The van der Waals surface area contributed by atoms with E-state index in [-0.39, 0.29) is 29.4 Å². The summed E-state index contributed by atoms with van der Waals surface area (Å²) in [6, 6.07) is 7.22. The number of carbonyl (C=O) groups is 3. The van der Waals surface area contributed by atoms with E-state index in [0.29, 0.717) is 40.8 Å². The third-order valence-corrected chi connectivity index (χ3v) is 6.38. The molecule has 2 amide bonds. The maximum atomic E-state index is 12.7. The lowest BCUT2D eigenvalue weighted by atomic mass is 9.78. The number of ether oxygens (including phenoxy) is 1. The molecule has 152 valence electrons. The lowest BCUT2D eigenvalue weighted by molar-refractivity contribution is -0.122. The molecular formula is C21H23N3O4S. The van der Waals surface area contributed by atoms with Crippen LogP contribution in [0, 0.1) is 11.3 Å². The largest absolute Gasteiger partial charge is 0.497 e. The van der Waals surface area contributed by atoms with Crippen molar-refractivity contribution in [2.75, 3.05) is 23.9 Å². The van der Waals surface area contributed by atoms with Crippen LogP contribution in [0.2, 0.25) is 0 Å². The van der Waals surface area contributed by atoms with Crippen LogP contribution in [0.15, 0.2) is 24.3 Å². The molecule has 8 heteroatoms. The van der Waals surface area contributed by atoms with E-state index in [9.17, 15) is 14.4 Å². The Morgan fingerprint density at radius 3 is 2.86 bits per heavy atom. The average molecular weight is 413 g/mol. The Kier molecular flexibility index (Phi) is 4.90. The third kappa shape index (κ3) is 3.89. The lowest BCUT2D eigenvalue weighted by Crippen LogP contribution is -2.28. The maximum Gasteiger partial charge on any atom is 0.231 e. The molecule has 0 bridgehead atoms. The van der Waals surface area contributed by atoms with Crippen molar-refractivity contribution in [2.45, 2.75) is 33.1 Å². The number of nitrogens with one attached hydrogen (secondary N) is 1. The van der Waals surface area contributed by atoms with Gasteiger partial charge in [-0.05, 0) is 24.0 Å². The minimum absolute atomic E-state index is 0.0782. The van der Waals surface area contributed by atoms with Crippen molar-refractivity contribution in [2.24, 2.45) is 11.3 Å². The van der Waals surface area contributed by atoms with Crippen molar-refractivity contribution in [1.29, 1.82) is 0 Å². The summed E-state index contributed by atoms with van der Waals surface area (Å²) in [6.07, 6.45) is 1.34. The van der Waals surface area contributed by atoms with Gasteiger partial charge in [0.05, 0.1) is 23.6 Å². The molecule has 1 N–H and O–H groups in total. The summed E-state index contributed by atoms with van der Waals surface area (Å²) >= 11 is 1.23. The van der Waals surface area contributed by atoms with E-state index < -0.39 is 5.92 Å². The molecule has 1 saturated heterocycles. The molecule has 7 nitrogen and oxygen atoms in total. The van der Waals surface area contributed by atoms with Crippen LogP contribution in [0.3, 0.4) is 0 Å². The summed E-state index contributed by atoms with van der Waals surface area (Å²) in [5.74, 6) is -0.0873. The summed E-state index contributed by atoms with van der Waals surface area (Å²) in [7, 11) is 1.57. The zero-order chi connectivity index (χ0) is 20.8. The monoisotopic (exact) mass is 413 g/mol. The van der Waals surface area contributed by atoms with Crippen LogP contribution in [0.25, 0.3) is 0 Å². The van der Waals surface area contributed by atoms with Gasteiger partial charge in [-0.25, -0.2) is 4.98 Å². The molecule has 1 atom stereocenters. The quantitative estimate of drug-likeness (QED) is 0.831. The maximum absolute atomic E-state index is 12.7. The fourth-order valence-electron chi connectivity index (χ4n) is 3.89. The Morgan fingerprint density at radius 2 is 2.10 bits per heavy atom. The molecule has 4 rings (SSSR count). The number of anilines is 2. The summed E-state index contributed by atoms with van der Waals surface area (Å²) < 4.78 is 5.21. The molecule has 1 aromatic carbocycles. The highest BCUT2D eigenvalue weighted by Gasteiger charge is 2.37. The first-order valence-electron chi connectivity index (χ1n) is 9.54. The molecule has 0 saturated carbocycles. The van der Waals surface area contributed by atoms with Gasteiger partial charge in [-0.15, -0.1) is 0 Å². The number of aromatic nitrogens is 1.